The molecule has 0 aliphatic heterocycles. The zero-order chi connectivity index (χ0) is 13.6. The molecule has 1 N–H and O–H groups in total. The average Bonchev–Trinajstić information content (AvgIpc) is 2.31. The van der Waals surface area contributed by atoms with E-state index in [9.17, 15) is 8.42 Å². The molecule has 0 unspecified atom stereocenters. The molecule has 0 aliphatic rings. The molecule has 0 aromatic heterocycles. The van der Waals surface area contributed by atoms with Crippen LogP contribution in [0.1, 0.15) is 18.9 Å². The third-order valence-corrected chi connectivity index (χ3v) is 3.27. The number of ether oxygens (including phenoxy) is 1. The molecule has 18 heavy (non-hydrogen) atoms. The summed E-state index contributed by atoms with van der Waals surface area (Å²) in [6.45, 7) is 1.95. The number of oxime groups is 1. The molecule has 100 valence electrons. The van der Waals surface area contributed by atoms with Gasteiger partial charge >= 0.3 is 0 Å². The van der Waals surface area contributed by atoms with Gasteiger partial charge in [-0.15, -0.1) is 0 Å². The molecule has 1 aromatic rings. The van der Waals surface area contributed by atoms with E-state index in [4.69, 9.17) is 9.94 Å². The first-order chi connectivity index (χ1) is 8.48. The summed E-state index contributed by atoms with van der Waals surface area (Å²) < 4.78 is 27.4. The van der Waals surface area contributed by atoms with Crippen molar-refractivity contribution < 1.29 is 18.4 Å². The van der Waals surface area contributed by atoms with Crippen molar-refractivity contribution in [3.8, 4) is 5.75 Å². The molecule has 6 heteroatoms. The van der Waals surface area contributed by atoms with Gasteiger partial charge in [0.15, 0.2) is 9.84 Å². The van der Waals surface area contributed by atoms with E-state index in [1.807, 2.05) is 6.92 Å². The lowest BCUT2D eigenvalue weighted by molar-refractivity contribution is 0.316. The maximum Gasteiger partial charge on any atom is 0.150 e. The van der Waals surface area contributed by atoms with Crippen molar-refractivity contribution in [3.63, 3.8) is 0 Å². The van der Waals surface area contributed by atoms with Crippen LogP contribution in [0.15, 0.2) is 29.4 Å². The molecular formula is C12H17NO4S. The third kappa shape index (κ3) is 4.37. The lowest BCUT2D eigenvalue weighted by Gasteiger charge is -2.11. The van der Waals surface area contributed by atoms with Gasteiger partial charge in [-0.25, -0.2) is 8.42 Å². The summed E-state index contributed by atoms with van der Waals surface area (Å²) in [5.41, 5.74) is 1.18. The van der Waals surface area contributed by atoms with Crippen LogP contribution in [0, 0.1) is 0 Å². The Hall–Kier alpha value is -1.56. The van der Waals surface area contributed by atoms with Gasteiger partial charge in [-0.1, -0.05) is 24.2 Å². The fraction of sp³-hybridized carbons (Fsp3) is 0.417. The zero-order valence-electron chi connectivity index (χ0n) is 10.5. The maximum atomic E-state index is 11.0. The van der Waals surface area contributed by atoms with Crippen molar-refractivity contribution in [1.29, 1.82) is 0 Å². The first-order valence-corrected chi connectivity index (χ1v) is 7.65. The molecule has 0 radical (unpaired) electrons. The fourth-order valence-corrected chi connectivity index (χ4v) is 1.84. The van der Waals surface area contributed by atoms with Crippen LogP contribution in [0.2, 0.25) is 0 Å². The van der Waals surface area contributed by atoms with Gasteiger partial charge in [0.25, 0.3) is 0 Å². The van der Waals surface area contributed by atoms with E-state index in [0.717, 1.165) is 6.26 Å². The van der Waals surface area contributed by atoms with E-state index >= 15 is 0 Å². The lowest BCUT2D eigenvalue weighted by Crippen LogP contribution is -2.13. The van der Waals surface area contributed by atoms with Crippen LogP contribution in [0.5, 0.6) is 5.75 Å². The Morgan fingerprint density at radius 1 is 1.39 bits per heavy atom. The fourth-order valence-electron chi connectivity index (χ4n) is 1.45. The van der Waals surface area contributed by atoms with Crippen LogP contribution in [-0.4, -0.2) is 38.0 Å². The predicted octanol–water partition coefficient (Wildman–Crippen LogP) is 1.70. The van der Waals surface area contributed by atoms with Crippen LogP contribution < -0.4 is 4.74 Å². The summed E-state index contributed by atoms with van der Waals surface area (Å²) in [6, 6.07) is 7.08. The molecule has 1 rings (SSSR count). The Labute approximate surface area is 107 Å². The van der Waals surface area contributed by atoms with E-state index in [2.05, 4.69) is 5.16 Å². The monoisotopic (exact) mass is 271 g/mol. The number of para-hydroxylation sites is 1. The van der Waals surface area contributed by atoms with Gasteiger partial charge in [-0.3, -0.25) is 0 Å². The Bertz CT molecular complexity index is 523. The minimum Gasteiger partial charge on any atom is -0.492 e. The third-order valence-electron chi connectivity index (χ3n) is 2.37. The Morgan fingerprint density at radius 2 is 2.06 bits per heavy atom. The van der Waals surface area contributed by atoms with Crippen molar-refractivity contribution in [2.75, 3.05) is 18.6 Å². The molecule has 0 saturated heterocycles. The van der Waals surface area contributed by atoms with E-state index in [1.165, 1.54) is 0 Å². The highest BCUT2D eigenvalue weighted by Gasteiger charge is 2.10. The highest BCUT2D eigenvalue weighted by atomic mass is 32.2. The summed E-state index contributed by atoms with van der Waals surface area (Å²) in [4.78, 5) is 0. The quantitative estimate of drug-likeness (QED) is 0.485. The lowest BCUT2D eigenvalue weighted by atomic mass is 10.1. The van der Waals surface area contributed by atoms with Gasteiger partial charge in [0.2, 0.25) is 0 Å². The molecular weight excluding hydrogens is 254 g/mol. The number of hydrogen-bond acceptors (Lipinski definition) is 5. The second-order valence-electron chi connectivity index (χ2n) is 3.87. The van der Waals surface area contributed by atoms with Crippen molar-refractivity contribution in [2.24, 2.45) is 5.16 Å². The molecule has 0 saturated carbocycles. The predicted molar refractivity (Wildman–Crippen MR) is 70.3 cm³/mol. The van der Waals surface area contributed by atoms with Crippen molar-refractivity contribution in [1.82, 2.24) is 0 Å². The van der Waals surface area contributed by atoms with E-state index < -0.39 is 9.84 Å². The largest absolute Gasteiger partial charge is 0.492 e. The SMILES string of the molecule is CC/C(=N\O)c1ccccc1OCCS(C)(=O)=O. The summed E-state index contributed by atoms with van der Waals surface area (Å²) in [7, 11) is -3.04. The standard InChI is InChI=1S/C12H17NO4S/c1-3-11(13-14)10-6-4-5-7-12(10)17-8-9-18(2,15)16/h4-7,14H,3,8-9H2,1-2H3/b13-11+. The summed E-state index contributed by atoms with van der Waals surface area (Å²) in [6.07, 6.45) is 1.72. The molecule has 0 bridgehead atoms. The highest BCUT2D eigenvalue weighted by Crippen LogP contribution is 2.20. The van der Waals surface area contributed by atoms with Crippen molar-refractivity contribution in [2.45, 2.75) is 13.3 Å². The number of nitrogens with zero attached hydrogens (tertiary/aromatic N) is 1. The van der Waals surface area contributed by atoms with Gasteiger partial charge in [0.05, 0.1) is 11.5 Å². The Morgan fingerprint density at radius 3 is 2.61 bits per heavy atom. The van der Waals surface area contributed by atoms with Crippen LogP contribution in [0.3, 0.4) is 0 Å². The zero-order valence-corrected chi connectivity index (χ0v) is 11.3. The molecule has 1 aromatic carbocycles. The van der Waals surface area contributed by atoms with Gasteiger partial charge in [-0.05, 0) is 18.6 Å². The molecule has 0 spiro atoms. The second kappa shape index (κ2) is 6.39. The van der Waals surface area contributed by atoms with Crippen LogP contribution in [0.25, 0.3) is 0 Å². The number of benzene rings is 1. The van der Waals surface area contributed by atoms with Crippen molar-refractivity contribution in [3.05, 3.63) is 29.8 Å². The van der Waals surface area contributed by atoms with Crippen LogP contribution in [-0.2, 0) is 9.84 Å². The topological polar surface area (TPSA) is 76.0 Å². The van der Waals surface area contributed by atoms with Gasteiger partial charge in [0, 0.05) is 11.8 Å². The normalized spacial score (nSPS) is 12.4. The average molecular weight is 271 g/mol. The smallest absolute Gasteiger partial charge is 0.150 e. The number of hydrogen-bond donors (Lipinski definition) is 1. The molecule has 0 fully saturated rings. The van der Waals surface area contributed by atoms with Gasteiger partial charge in [0.1, 0.15) is 12.4 Å². The first-order valence-electron chi connectivity index (χ1n) is 5.58. The molecule has 0 aliphatic carbocycles. The highest BCUT2D eigenvalue weighted by molar-refractivity contribution is 7.90. The molecule has 0 amide bonds. The minimum absolute atomic E-state index is 0.0426. The van der Waals surface area contributed by atoms with Crippen LogP contribution in [0.4, 0.5) is 0 Å². The van der Waals surface area contributed by atoms with E-state index in [0.29, 0.717) is 23.4 Å². The summed E-state index contributed by atoms with van der Waals surface area (Å²) >= 11 is 0. The van der Waals surface area contributed by atoms with Gasteiger partial charge < -0.3 is 9.94 Å². The molecule has 0 heterocycles. The van der Waals surface area contributed by atoms with E-state index in [1.54, 1.807) is 24.3 Å². The molecule has 0 atom stereocenters. The van der Waals surface area contributed by atoms with Gasteiger partial charge in [-0.2, -0.15) is 0 Å². The molecule has 5 nitrogen and oxygen atoms in total. The number of rotatable bonds is 6. The Kier molecular flexibility index (Phi) is 5.15. The minimum atomic E-state index is -3.04. The van der Waals surface area contributed by atoms with Crippen LogP contribution >= 0.6 is 0 Å². The maximum absolute atomic E-state index is 11.0. The first kappa shape index (κ1) is 14.5. The summed E-state index contributed by atoms with van der Waals surface area (Å²) in [5.74, 6) is 0.481. The second-order valence-corrected chi connectivity index (χ2v) is 6.13. The summed E-state index contributed by atoms with van der Waals surface area (Å²) in [5, 5.41) is 12.1. The Balaban J connectivity index is 2.83. The van der Waals surface area contributed by atoms with E-state index in [-0.39, 0.29) is 12.4 Å². The number of sulfone groups is 1. The van der Waals surface area contributed by atoms with Crippen molar-refractivity contribution >= 4 is 15.5 Å².